The van der Waals surface area contributed by atoms with Crippen molar-refractivity contribution in [3.63, 3.8) is 0 Å². The van der Waals surface area contributed by atoms with Crippen LogP contribution in [-0.4, -0.2) is 36.3 Å². The molecule has 3 N–H and O–H groups in total. The number of fused-ring (bicyclic) bond motifs is 2. The van der Waals surface area contributed by atoms with E-state index in [2.05, 4.69) is 26.0 Å². The molecule has 19 heavy (non-hydrogen) atoms. The molecule has 2 aliphatic heterocycles. The van der Waals surface area contributed by atoms with E-state index in [1.54, 1.807) is 0 Å². The Morgan fingerprint density at radius 3 is 2.68 bits per heavy atom. The number of nitrogens with zero attached hydrogens (tertiary/aromatic N) is 2. The highest BCUT2D eigenvalue weighted by Crippen LogP contribution is 2.33. The average Bonchev–Trinajstić information content (AvgIpc) is 2.76. The number of amidine groups is 1. The fraction of sp³-hybridized carbons (Fsp3) is 0.462. The number of halogens is 1. The quantitative estimate of drug-likeness (QED) is 0.377. The van der Waals surface area contributed by atoms with Crippen molar-refractivity contribution in [1.82, 2.24) is 0 Å². The van der Waals surface area contributed by atoms with Gasteiger partial charge in [-0.25, -0.2) is 0 Å². The number of ether oxygens (including phenoxy) is 1. The van der Waals surface area contributed by atoms with Crippen molar-refractivity contribution in [2.24, 2.45) is 10.9 Å². The van der Waals surface area contributed by atoms with Crippen LogP contribution < -0.4 is 10.6 Å². The van der Waals surface area contributed by atoms with Gasteiger partial charge in [0.05, 0.1) is 17.8 Å². The Bertz CT molecular complexity index is 509. The van der Waals surface area contributed by atoms with Crippen LogP contribution in [0, 0.1) is 0 Å². The SMILES string of the molecule is N/C(=N/O)c1c(Br)cccc1N1CC2CCC(C1)O2. The smallest absolute Gasteiger partial charge is 0.173 e. The molecule has 2 unspecified atom stereocenters. The minimum Gasteiger partial charge on any atom is -0.409 e. The van der Waals surface area contributed by atoms with Crippen LogP contribution in [0.15, 0.2) is 27.8 Å². The summed E-state index contributed by atoms with van der Waals surface area (Å²) in [7, 11) is 0. The third kappa shape index (κ3) is 2.30. The van der Waals surface area contributed by atoms with Crippen molar-refractivity contribution in [2.45, 2.75) is 25.0 Å². The van der Waals surface area contributed by atoms with Gasteiger partial charge in [0.15, 0.2) is 5.84 Å². The van der Waals surface area contributed by atoms with E-state index in [-0.39, 0.29) is 5.84 Å². The molecule has 1 aromatic rings. The molecule has 0 aromatic heterocycles. The van der Waals surface area contributed by atoms with Crippen molar-refractivity contribution in [2.75, 3.05) is 18.0 Å². The number of morpholine rings is 1. The summed E-state index contributed by atoms with van der Waals surface area (Å²) in [6, 6.07) is 5.86. The van der Waals surface area contributed by atoms with Gasteiger partial charge in [0.25, 0.3) is 0 Å². The molecule has 2 aliphatic rings. The van der Waals surface area contributed by atoms with E-state index in [4.69, 9.17) is 15.7 Å². The molecule has 2 saturated heterocycles. The second-order valence-corrected chi connectivity index (χ2v) is 5.84. The van der Waals surface area contributed by atoms with Gasteiger partial charge in [0.2, 0.25) is 0 Å². The second kappa shape index (κ2) is 5.02. The minimum absolute atomic E-state index is 0.126. The summed E-state index contributed by atoms with van der Waals surface area (Å²) in [6.45, 7) is 1.72. The Kier molecular flexibility index (Phi) is 3.36. The highest BCUT2D eigenvalue weighted by Gasteiger charge is 2.34. The Morgan fingerprint density at radius 1 is 1.37 bits per heavy atom. The van der Waals surface area contributed by atoms with Crippen LogP contribution in [0.2, 0.25) is 0 Å². The van der Waals surface area contributed by atoms with Gasteiger partial charge in [0.1, 0.15) is 0 Å². The summed E-state index contributed by atoms with van der Waals surface area (Å²) >= 11 is 3.47. The third-order valence-corrected chi connectivity index (χ3v) is 4.40. The molecule has 0 saturated carbocycles. The highest BCUT2D eigenvalue weighted by atomic mass is 79.9. The van der Waals surface area contributed by atoms with Crippen molar-refractivity contribution < 1.29 is 9.94 Å². The Hall–Kier alpha value is -1.27. The summed E-state index contributed by atoms with van der Waals surface area (Å²) in [6.07, 6.45) is 2.85. The standard InChI is InChI=1S/C13H16BrN3O2/c14-10-2-1-3-11(12(10)13(15)16-18)17-6-8-4-5-9(7-17)19-8/h1-3,8-9,18H,4-7H2,(H2,15,16). The lowest BCUT2D eigenvalue weighted by Gasteiger charge is -2.35. The molecule has 6 heteroatoms. The first kappa shape index (κ1) is 12.7. The molecule has 3 rings (SSSR count). The lowest BCUT2D eigenvalue weighted by molar-refractivity contribution is 0.0305. The predicted octanol–water partition coefficient (Wildman–Crippen LogP) is 1.91. The molecule has 0 amide bonds. The summed E-state index contributed by atoms with van der Waals surface area (Å²) in [5, 5.41) is 12.1. The highest BCUT2D eigenvalue weighted by molar-refractivity contribution is 9.10. The zero-order chi connectivity index (χ0) is 13.4. The molecule has 2 atom stereocenters. The second-order valence-electron chi connectivity index (χ2n) is 4.98. The molecular weight excluding hydrogens is 310 g/mol. The minimum atomic E-state index is 0.126. The van der Waals surface area contributed by atoms with Crippen molar-refractivity contribution in [3.8, 4) is 0 Å². The van der Waals surface area contributed by atoms with Gasteiger partial charge in [-0.3, -0.25) is 0 Å². The maximum Gasteiger partial charge on any atom is 0.173 e. The molecule has 0 aliphatic carbocycles. The Labute approximate surface area is 120 Å². The monoisotopic (exact) mass is 325 g/mol. The fourth-order valence-electron chi connectivity index (χ4n) is 2.89. The first-order valence-electron chi connectivity index (χ1n) is 6.36. The molecule has 5 nitrogen and oxygen atoms in total. The van der Waals surface area contributed by atoms with E-state index in [0.29, 0.717) is 12.2 Å². The van der Waals surface area contributed by atoms with E-state index < -0.39 is 0 Å². The van der Waals surface area contributed by atoms with Crippen LogP contribution in [0.25, 0.3) is 0 Å². The maximum absolute atomic E-state index is 8.95. The van der Waals surface area contributed by atoms with Crippen LogP contribution in [0.3, 0.4) is 0 Å². The van der Waals surface area contributed by atoms with Crippen LogP contribution >= 0.6 is 15.9 Å². The number of anilines is 1. The third-order valence-electron chi connectivity index (χ3n) is 3.74. The maximum atomic E-state index is 8.95. The van der Waals surface area contributed by atoms with E-state index in [9.17, 15) is 0 Å². The van der Waals surface area contributed by atoms with Crippen LogP contribution in [0.4, 0.5) is 5.69 Å². The molecule has 2 fully saturated rings. The average molecular weight is 326 g/mol. The first-order chi connectivity index (χ1) is 9.19. The molecule has 2 heterocycles. The topological polar surface area (TPSA) is 71.1 Å². The zero-order valence-electron chi connectivity index (χ0n) is 10.4. The zero-order valence-corrected chi connectivity index (χ0v) is 12.0. The van der Waals surface area contributed by atoms with Gasteiger partial charge < -0.3 is 20.6 Å². The molecule has 1 aromatic carbocycles. The van der Waals surface area contributed by atoms with E-state index in [1.165, 1.54) is 0 Å². The van der Waals surface area contributed by atoms with Crippen LogP contribution in [0.1, 0.15) is 18.4 Å². The molecule has 0 spiro atoms. The Morgan fingerprint density at radius 2 is 2.05 bits per heavy atom. The van der Waals surface area contributed by atoms with Gasteiger partial charge in [-0.15, -0.1) is 0 Å². The van der Waals surface area contributed by atoms with Crippen molar-refractivity contribution >= 4 is 27.5 Å². The Balaban J connectivity index is 1.98. The number of hydrogen-bond donors (Lipinski definition) is 2. The normalized spacial score (nSPS) is 26.8. The predicted molar refractivity (Wildman–Crippen MR) is 76.8 cm³/mol. The van der Waals surface area contributed by atoms with E-state index in [1.807, 2.05) is 18.2 Å². The van der Waals surface area contributed by atoms with Gasteiger partial charge in [-0.2, -0.15) is 0 Å². The van der Waals surface area contributed by atoms with Gasteiger partial charge in [0, 0.05) is 23.2 Å². The molecular formula is C13H16BrN3O2. The summed E-state index contributed by atoms with van der Waals surface area (Å²) < 4.78 is 6.67. The summed E-state index contributed by atoms with van der Waals surface area (Å²) in [5.74, 6) is 0.126. The van der Waals surface area contributed by atoms with Crippen LogP contribution in [-0.2, 0) is 4.74 Å². The van der Waals surface area contributed by atoms with Gasteiger partial charge in [-0.1, -0.05) is 11.2 Å². The number of hydrogen-bond acceptors (Lipinski definition) is 4. The van der Waals surface area contributed by atoms with Crippen LogP contribution in [0.5, 0.6) is 0 Å². The number of nitrogens with two attached hydrogens (primary N) is 1. The lowest BCUT2D eigenvalue weighted by atomic mass is 10.1. The van der Waals surface area contributed by atoms with Gasteiger partial charge >= 0.3 is 0 Å². The lowest BCUT2D eigenvalue weighted by Crippen LogP contribution is -2.43. The molecule has 0 radical (unpaired) electrons. The molecule has 2 bridgehead atoms. The summed E-state index contributed by atoms with van der Waals surface area (Å²) in [5.41, 5.74) is 7.53. The largest absolute Gasteiger partial charge is 0.409 e. The summed E-state index contributed by atoms with van der Waals surface area (Å²) in [4.78, 5) is 2.27. The fourth-order valence-corrected chi connectivity index (χ4v) is 3.45. The van der Waals surface area contributed by atoms with E-state index >= 15 is 0 Å². The molecule has 102 valence electrons. The van der Waals surface area contributed by atoms with Crippen molar-refractivity contribution in [1.29, 1.82) is 0 Å². The van der Waals surface area contributed by atoms with Gasteiger partial charge in [-0.05, 0) is 40.9 Å². The van der Waals surface area contributed by atoms with Crippen molar-refractivity contribution in [3.05, 3.63) is 28.2 Å². The van der Waals surface area contributed by atoms with E-state index in [0.717, 1.165) is 41.7 Å². The number of oxime groups is 1. The number of rotatable bonds is 2. The first-order valence-corrected chi connectivity index (χ1v) is 7.15. The number of benzene rings is 1.